The van der Waals surface area contributed by atoms with Gasteiger partial charge in [0.05, 0.1) is 18.3 Å². The molecule has 1 spiro atoms. The van der Waals surface area contributed by atoms with Crippen LogP contribution in [0.3, 0.4) is 0 Å². The molecule has 1 unspecified atom stereocenters. The van der Waals surface area contributed by atoms with Crippen LogP contribution in [0.1, 0.15) is 96.3 Å². The lowest BCUT2D eigenvalue weighted by Crippen LogP contribution is -2.58. The van der Waals surface area contributed by atoms with E-state index in [-0.39, 0.29) is 52.9 Å². The highest BCUT2D eigenvalue weighted by Gasteiger charge is 2.69. The van der Waals surface area contributed by atoms with Crippen molar-refractivity contribution >= 4 is 11.9 Å². The van der Waals surface area contributed by atoms with E-state index in [1.165, 1.54) is 12.5 Å². The Kier molecular flexibility index (Phi) is 6.93. The van der Waals surface area contributed by atoms with Crippen LogP contribution in [-0.2, 0) is 23.7 Å². The van der Waals surface area contributed by atoms with Crippen LogP contribution >= 0.6 is 0 Å². The number of carbonyl (C=O) groups is 2. The maximum absolute atomic E-state index is 13.7. The fourth-order valence-electron chi connectivity index (χ4n) is 10.7. The van der Waals surface area contributed by atoms with Gasteiger partial charge in [-0.15, -0.1) is 0 Å². The molecule has 5 fully saturated rings. The SMILES string of the molecule is CC(=O)O[C@H]1CC[C@@]2(C)C(CC[C@H]3C4=C[C@@H]5O[C@]6(CC[C@@H](C)CO6)[C@@H](C)[C@@H]5[C@@]4(C)[C@H](OC(=O)c4ccccc4)C[C@@H]32)C1. The number of esters is 2. The van der Waals surface area contributed by atoms with E-state index in [1.807, 2.05) is 30.3 Å². The van der Waals surface area contributed by atoms with Crippen LogP contribution in [0.2, 0.25) is 0 Å². The first-order chi connectivity index (χ1) is 20.0. The highest BCUT2D eigenvalue weighted by atomic mass is 16.7. The molecule has 228 valence electrons. The van der Waals surface area contributed by atoms with Gasteiger partial charge in [-0.2, -0.15) is 0 Å². The van der Waals surface area contributed by atoms with Crippen molar-refractivity contribution in [3.8, 4) is 0 Å². The first-order valence-electron chi connectivity index (χ1n) is 16.5. The molecule has 0 N–H and O–H groups in total. The molecule has 6 heteroatoms. The van der Waals surface area contributed by atoms with Crippen molar-refractivity contribution < 1.29 is 28.5 Å². The van der Waals surface area contributed by atoms with Gasteiger partial charge in [-0.25, -0.2) is 4.79 Å². The molecule has 2 saturated heterocycles. The molecular formula is C36H48O6. The van der Waals surface area contributed by atoms with Crippen molar-refractivity contribution in [1.82, 2.24) is 0 Å². The molecule has 1 aromatic rings. The monoisotopic (exact) mass is 576 g/mol. The van der Waals surface area contributed by atoms with E-state index >= 15 is 0 Å². The van der Waals surface area contributed by atoms with Crippen molar-refractivity contribution in [1.29, 1.82) is 0 Å². The molecular weight excluding hydrogens is 528 g/mol. The summed E-state index contributed by atoms with van der Waals surface area (Å²) in [5.74, 6) is 1.38. The lowest BCUT2D eigenvalue weighted by atomic mass is 9.45. The largest absolute Gasteiger partial charge is 0.463 e. The summed E-state index contributed by atoms with van der Waals surface area (Å²) in [5, 5.41) is 0. The van der Waals surface area contributed by atoms with Crippen LogP contribution < -0.4 is 0 Å². The third-order valence-corrected chi connectivity index (χ3v) is 12.9. The zero-order valence-corrected chi connectivity index (χ0v) is 26.0. The molecule has 2 heterocycles. The van der Waals surface area contributed by atoms with Gasteiger partial charge in [-0.1, -0.05) is 57.5 Å². The first kappa shape index (κ1) is 28.6. The lowest BCUT2D eigenvalue weighted by Gasteiger charge is -2.61. The number of rotatable bonds is 3. The van der Waals surface area contributed by atoms with E-state index in [4.69, 9.17) is 18.9 Å². The summed E-state index contributed by atoms with van der Waals surface area (Å²) in [6, 6.07) is 9.44. The molecule has 12 atom stereocenters. The van der Waals surface area contributed by atoms with Gasteiger partial charge in [0.25, 0.3) is 0 Å². The summed E-state index contributed by atoms with van der Waals surface area (Å²) < 4.78 is 25.8. The van der Waals surface area contributed by atoms with E-state index in [0.717, 1.165) is 58.0 Å². The van der Waals surface area contributed by atoms with Gasteiger partial charge in [-0.3, -0.25) is 4.79 Å². The normalized spacial score (nSPS) is 47.5. The third kappa shape index (κ3) is 4.25. The fourth-order valence-corrected chi connectivity index (χ4v) is 10.7. The van der Waals surface area contributed by atoms with Gasteiger partial charge in [0, 0.05) is 30.6 Å². The molecule has 6 nitrogen and oxygen atoms in total. The summed E-state index contributed by atoms with van der Waals surface area (Å²) in [4.78, 5) is 25.4. The van der Waals surface area contributed by atoms with Crippen molar-refractivity contribution in [2.45, 2.75) is 110 Å². The van der Waals surface area contributed by atoms with E-state index in [9.17, 15) is 9.59 Å². The van der Waals surface area contributed by atoms with E-state index in [2.05, 4.69) is 33.8 Å². The van der Waals surface area contributed by atoms with Gasteiger partial charge < -0.3 is 18.9 Å². The van der Waals surface area contributed by atoms with Crippen LogP contribution in [0, 0.1) is 46.3 Å². The van der Waals surface area contributed by atoms with Gasteiger partial charge >= 0.3 is 11.9 Å². The zero-order valence-electron chi connectivity index (χ0n) is 26.0. The van der Waals surface area contributed by atoms with Gasteiger partial charge in [0.1, 0.15) is 12.2 Å². The summed E-state index contributed by atoms with van der Waals surface area (Å²) in [6.07, 6.45) is 10.3. The quantitative estimate of drug-likeness (QED) is 0.282. The summed E-state index contributed by atoms with van der Waals surface area (Å²) in [7, 11) is 0. The summed E-state index contributed by atoms with van der Waals surface area (Å²) in [6.45, 7) is 11.7. The highest BCUT2D eigenvalue weighted by Crippen LogP contribution is 2.70. The molecule has 2 aliphatic heterocycles. The molecule has 0 aromatic heterocycles. The van der Waals surface area contributed by atoms with Crippen molar-refractivity contribution in [3.63, 3.8) is 0 Å². The van der Waals surface area contributed by atoms with Crippen LogP contribution in [-0.4, -0.2) is 42.6 Å². The second-order valence-corrected chi connectivity index (χ2v) is 15.1. The molecule has 3 saturated carbocycles. The van der Waals surface area contributed by atoms with Crippen LogP contribution in [0.4, 0.5) is 0 Å². The second kappa shape index (κ2) is 10.2. The average Bonchev–Trinajstić information content (AvgIpc) is 3.41. The molecule has 1 aromatic carbocycles. The van der Waals surface area contributed by atoms with Crippen molar-refractivity contribution in [2.75, 3.05) is 6.61 Å². The minimum Gasteiger partial charge on any atom is -0.463 e. The fraction of sp³-hybridized carbons (Fsp3) is 0.722. The van der Waals surface area contributed by atoms with E-state index in [1.54, 1.807) is 0 Å². The van der Waals surface area contributed by atoms with Gasteiger partial charge in [0.15, 0.2) is 5.79 Å². The van der Waals surface area contributed by atoms with Crippen molar-refractivity contribution in [3.05, 3.63) is 47.5 Å². The topological polar surface area (TPSA) is 71.1 Å². The number of benzene rings is 1. The zero-order chi connectivity index (χ0) is 29.4. The number of fused-ring (bicyclic) bond motifs is 7. The minimum atomic E-state index is -0.545. The van der Waals surface area contributed by atoms with Gasteiger partial charge in [0.2, 0.25) is 0 Å². The standard InChI is InChI=1S/C36H48O6/c1-21-13-16-36(39-20-21)22(2)32-30(42-36)18-29-27-12-11-25-17-26(40-23(3)37)14-15-34(25,4)28(27)19-31(35(29,32)5)41-33(38)24-9-7-6-8-10-24/h6-10,18,21-22,25-28,30-32H,11-17,19-20H2,1-5H3/t21-,22+,25?,26+,27-,28+,30+,31-,32+,34+,35-,36-/m1/s1. The Morgan fingerprint density at radius 1 is 0.952 bits per heavy atom. The van der Waals surface area contributed by atoms with Crippen LogP contribution in [0.15, 0.2) is 42.0 Å². The molecule has 6 aliphatic rings. The smallest absolute Gasteiger partial charge is 0.338 e. The van der Waals surface area contributed by atoms with Crippen LogP contribution in [0.5, 0.6) is 0 Å². The summed E-state index contributed by atoms with van der Waals surface area (Å²) >= 11 is 0. The lowest BCUT2D eigenvalue weighted by molar-refractivity contribution is -0.265. The Morgan fingerprint density at radius 2 is 1.74 bits per heavy atom. The Balaban J connectivity index is 1.24. The Labute approximate surface area is 250 Å². The van der Waals surface area contributed by atoms with Crippen LogP contribution in [0.25, 0.3) is 0 Å². The van der Waals surface area contributed by atoms with E-state index < -0.39 is 5.79 Å². The maximum atomic E-state index is 13.7. The van der Waals surface area contributed by atoms with Crippen molar-refractivity contribution in [2.24, 2.45) is 46.3 Å². The number of carbonyl (C=O) groups excluding carboxylic acids is 2. The second-order valence-electron chi connectivity index (χ2n) is 15.1. The minimum absolute atomic E-state index is 0.0182. The maximum Gasteiger partial charge on any atom is 0.338 e. The van der Waals surface area contributed by atoms with Gasteiger partial charge in [-0.05, 0) is 86.2 Å². The molecule has 7 rings (SSSR count). The third-order valence-electron chi connectivity index (χ3n) is 12.9. The summed E-state index contributed by atoms with van der Waals surface area (Å²) in [5.41, 5.74) is 1.89. The number of ether oxygens (including phenoxy) is 4. The molecule has 42 heavy (non-hydrogen) atoms. The molecule has 0 amide bonds. The average molecular weight is 577 g/mol. The predicted molar refractivity (Wildman–Crippen MR) is 158 cm³/mol. The molecule has 0 bridgehead atoms. The Bertz CT molecular complexity index is 1250. The highest BCUT2D eigenvalue weighted by molar-refractivity contribution is 5.89. The number of hydrogen-bond acceptors (Lipinski definition) is 6. The molecule has 4 aliphatic carbocycles. The Hall–Kier alpha value is -2.18. The molecule has 0 radical (unpaired) electrons. The van der Waals surface area contributed by atoms with E-state index in [0.29, 0.717) is 29.2 Å². The predicted octanol–water partition coefficient (Wildman–Crippen LogP) is 7.12. The number of hydrogen-bond donors (Lipinski definition) is 0. The first-order valence-corrected chi connectivity index (χ1v) is 16.5. The Morgan fingerprint density at radius 3 is 2.45 bits per heavy atom.